The third-order valence-corrected chi connectivity index (χ3v) is 4.05. The number of nitrogens with one attached hydrogen (secondary N) is 2. The Bertz CT molecular complexity index is 402. The molecule has 0 bridgehead atoms. The molecule has 1 unspecified atom stereocenters. The molecule has 0 amide bonds. The predicted molar refractivity (Wildman–Crippen MR) is 61.8 cm³/mol. The second kappa shape index (κ2) is 3.53. The number of hydrogen-bond donors (Lipinski definition) is 7. The molecule has 0 aromatic heterocycles. The van der Waals surface area contributed by atoms with Gasteiger partial charge in [-0.2, -0.15) is 0 Å². The Hall–Kier alpha value is -0.970. The van der Waals surface area contributed by atoms with Crippen molar-refractivity contribution < 1.29 is 15.3 Å². The Labute approximate surface area is 103 Å². The maximum Gasteiger partial charge on any atom is 0.204 e. The van der Waals surface area contributed by atoms with E-state index < -0.39 is 29.8 Å². The SMILES string of the molecule is NC1=N[C@@H](CO)[C@@H]2NC(N)N[C@]23N1CCC3(O)O. The number of guanidine groups is 1. The topological polar surface area (TPSA) is 152 Å². The summed E-state index contributed by atoms with van der Waals surface area (Å²) in [5.41, 5.74) is 10.4. The van der Waals surface area contributed by atoms with E-state index in [0.717, 1.165) is 0 Å². The van der Waals surface area contributed by atoms with Gasteiger partial charge in [0.25, 0.3) is 0 Å². The van der Waals surface area contributed by atoms with E-state index in [1.165, 1.54) is 0 Å². The number of nitrogens with zero attached hydrogens (tertiary/aromatic N) is 2. The van der Waals surface area contributed by atoms with Crippen LogP contribution in [0.25, 0.3) is 0 Å². The van der Waals surface area contributed by atoms with Gasteiger partial charge in [-0.25, -0.2) is 4.99 Å². The molecule has 3 rings (SSSR count). The highest BCUT2D eigenvalue weighted by molar-refractivity contribution is 5.81. The Kier molecular flexibility index (Phi) is 2.37. The van der Waals surface area contributed by atoms with Gasteiger partial charge in [-0.15, -0.1) is 0 Å². The number of aliphatic hydroxyl groups excluding tert-OH is 1. The second-order valence-electron chi connectivity index (χ2n) is 4.99. The van der Waals surface area contributed by atoms with Crippen LogP contribution in [-0.4, -0.2) is 69.2 Å². The number of nitrogens with two attached hydrogens (primary N) is 2. The Morgan fingerprint density at radius 2 is 2.22 bits per heavy atom. The molecule has 9 heteroatoms. The summed E-state index contributed by atoms with van der Waals surface area (Å²) in [5.74, 6) is -1.81. The van der Waals surface area contributed by atoms with Gasteiger partial charge >= 0.3 is 0 Å². The van der Waals surface area contributed by atoms with Crippen molar-refractivity contribution in [1.29, 1.82) is 0 Å². The smallest absolute Gasteiger partial charge is 0.204 e. The van der Waals surface area contributed by atoms with Gasteiger partial charge in [0.05, 0.1) is 18.7 Å². The van der Waals surface area contributed by atoms with E-state index in [0.29, 0.717) is 6.54 Å². The predicted octanol–water partition coefficient (Wildman–Crippen LogP) is -4.44. The molecule has 1 spiro atoms. The summed E-state index contributed by atoms with van der Waals surface area (Å²) in [4.78, 5) is 5.77. The zero-order valence-electron chi connectivity index (χ0n) is 9.74. The lowest BCUT2D eigenvalue weighted by Gasteiger charge is -2.49. The molecule has 0 radical (unpaired) electrons. The quantitative estimate of drug-likeness (QED) is 0.233. The molecule has 3 aliphatic rings. The minimum Gasteiger partial charge on any atom is -0.394 e. The minimum atomic E-state index is -1.99. The summed E-state index contributed by atoms with van der Waals surface area (Å²) in [5, 5.41) is 35.8. The van der Waals surface area contributed by atoms with Gasteiger partial charge < -0.3 is 31.7 Å². The Morgan fingerprint density at radius 3 is 2.89 bits per heavy atom. The van der Waals surface area contributed by atoms with Gasteiger partial charge in [0.2, 0.25) is 5.79 Å². The van der Waals surface area contributed by atoms with E-state index in [1.807, 2.05) is 0 Å². The zero-order chi connectivity index (χ0) is 13.1. The summed E-state index contributed by atoms with van der Waals surface area (Å²) >= 11 is 0. The lowest BCUT2D eigenvalue weighted by atomic mass is 9.87. The second-order valence-corrected chi connectivity index (χ2v) is 4.99. The Balaban J connectivity index is 2.12. The van der Waals surface area contributed by atoms with Crippen LogP contribution >= 0.6 is 0 Å². The van der Waals surface area contributed by atoms with Crippen LogP contribution in [0, 0.1) is 0 Å². The van der Waals surface area contributed by atoms with E-state index in [4.69, 9.17) is 11.5 Å². The van der Waals surface area contributed by atoms with Crippen molar-refractivity contribution >= 4 is 5.96 Å². The highest BCUT2D eigenvalue weighted by Gasteiger charge is 2.69. The van der Waals surface area contributed by atoms with Crippen molar-refractivity contribution in [2.75, 3.05) is 13.2 Å². The monoisotopic (exact) mass is 258 g/mol. The number of aliphatic imine (C=N–C) groups is 1. The first-order chi connectivity index (χ1) is 8.42. The molecular weight excluding hydrogens is 240 g/mol. The van der Waals surface area contributed by atoms with Crippen molar-refractivity contribution in [2.45, 2.75) is 36.2 Å². The van der Waals surface area contributed by atoms with Crippen LogP contribution in [0.5, 0.6) is 0 Å². The number of hydrogen-bond acceptors (Lipinski definition) is 9. The first kappa shape index (κ1) is 12.1. The maximum atomic E-state index is 10.3. The molecule has 18 heavy (non-hydrogen) atoms. The van der Waals surface area contributed by atoms with E-state index in [1.54, 1.807) is 4.90 Å². The molecule has 0 saturated carbocycles. The highest BCUT2D eigenvalue weighted by atomic mass is 16.5. The molecular formula is C9H18N6O3. The van der Waals surface area contributed by atoms with Gasteiger partial charge in [-0.3, -0.25) is 10.6 Å². The van der Waals surface area contributed by atoms with Crippen molar-refractivity contribution in [1.82, 2.24) is 15.5 Å². The molecule has 0 aromatic carbocycles. The van der Waals surface area contributed by atoms with Crippen molar-refractivity contribution in [3.8, 4) is 0 Å². The molecule has 3 aliphatic heterocycles. The molecule has 4 atom stereocenters. The van der Waals surface area contributed by atoms with Crippen LogP contribution in [0.3, 0.4) is 0 Å². The van der Waals surface area contributed by atoms with Gasteiger partial charge in [0.15, 0.2) is 11.6 Å². The number of aliphatic hydroxyl groups is 3. The summed E-state index contributed by atoms with van der Waals surface area (Å²) in [6, 6.07) is -1.10. The molecule has 9 nitrogen and oxygen atoms in total. The average molecular weight is 258 g/mol. The van der Waals surface area contributed by atoms with Crippen LogP contribution in [-0.2, 0) is 0 Å². The summed E-state index contributed by atoms with van der Waals surface area (Å²) in [7, 11) is 0. The number of rotatable bonds is 1. The molecule has 9 N–H and O–H groups in total. The van der Waals surface area contributed by atoms with E-state index in [9.17, 15) is 15.3 Å². The lowest BCUT2D eigenvalue weighted by molar-refractivity contribution is -0.223. The maximum absolute atomic E-state index is 10.3. The summed E-state index contributed by atoms with van der Waals surface area (Å²) < 4.78 is 0. The van der Waals surface area contributed by atoms with E-state index in [-0.39, 0.29) is 19.0 Å². The van der Waals surface area contributed by atoms with Crippen LogP contribution in [0.4, 0.5) is 0 Å². The normalized spacial score (nSPS) is 45.7. The fraction of sp³-hybridized carbons (Fsp3) is 0.889. The van der Waals surface area contributed by atoms with Crippen LogP contribution in [0.1, 0.15) is 6.42 Å². The van der Waals surface area contributed by atoms with Crippen molar-refractivity contribution in [2.24, 2.45) is 16.5 Å². The molecule has 0 aliphatic carbocycles. The zero-order valence-corrected chi connectivity index (χ0v) is 9.74. The molecule has 0 aromatic rings. The molecule has 2 saturated heterocycles. The summed E-state index contributed by atoms with van der Waals surface area (Å²) in [6.45, 7) is 0.108. The van der Waals surface area contributed by atoms with Crippen molar-refractivity contribution in [3.63, 3.8) is 0 Å². The van der Waals surface area contributed by atoms with Crippen LogP contribution < -0.4 is 22.1 Å². The molecule has 3 heterocycles. The standard InChI is InChI=1S/C9H18N6O3/c10-6-13-5-4(3-16)12-7(11)15-2-1-8(17,18)9(5,15)14-6/h4-6,13-14,16-18H,1-3,10H2,(H2,11,12)/t4-,5-,6?,9-/m0/s1. The van der Waals surface area contributed by atoms with Gasteiger partial charge in [-0.1, -0.05) is 0 Å². The van der Waals surface area contributed by atoms with Gasteiger partial charge in [0.1, 0.15) is 6.29 Å². The molecule has 2 fully saturated rings. The van der Waals surface area contributed by atoms with Gasteiger partial charge in [0, 0.05) is 13.0 Å². The largest absolute Gasteiger partial charge is 0.394 e. The third-order valence-electron chi connectivity index (χ3n) is 4.05. The Morgan fingerprint density at radius 1 is 1.50 bits per heavy atom. The fourth-order valence-corrected chi connectivity index (χ4v) is 3.29. The first-order valence-corrected chi connectivity index (χ1v) is 5.88. The third kappa shape index (κ3) is 1.23. The van der Waals surface area contributed by atoms with E-state index in [2.05, 4.69) is 15.6 Å². The summed E-state index contributed by atoms with van der Waals surface area (Å²) in [6.07, 6.45) is -0.497. The van der Waals surface area contributed by atoms with Gasteiger partial charge in [-0.05, 0) is 0 Å². The first-order valence-electron chi connectivity index (χ1n) is 5.88. The average Bonchev–Trinajstić information content (AvgIpc) is 2.77. The van der Waals surface area contributed by atoms with Crippen LogP contribution in [0.15, 0.2) is 4.99 Å². The minimum absolute atomic E-state index is 0.124. The molecule has 102 valence electrons. The highest BCUT2D eigenvalue weighted by Crippen LogP contribution is 2.43. The van der Waals surface area contributed by atoms with E-state index >= 15 is 0 Å². The van der Waals surface area contributed by atoms with Crippen LogP contribution in [0.2, 0.25) is 0 Å². The van der Waals surface area contributed by atoms with Crippen molar-refractivity contribution in [3.05, 3.63) is 0 Å². The fourth-order valence-electron chi connectivity index (χ4n) is 3.29. The lowest BCUT2D eigenvalue weighted by Crippen LogP contribution is -2.76.